The quantitative estimate of drug-likeness (QED) is 0.640. The predicted molar refractivity (Wildman–Crippen MR) is 96.6 cm³/mol. The van der Waals surface area contributed by atoms with E-state index in [2.05, 4.69) is 0 Å². The lowest BCUT2D eigenvalue weighted by molar-refractivity contribution is 0.475. The average molecular weight is 318 g/mol. The molecular formula is C22H19FO. The van der Waals surface area contributed by atoms with Crippen LogP contribution in [0.2, 0.25) is 0 Å². The molecule has 0 unspecified atom stereocenters. The highest BCUT2D eigenvalue weighted by molar-refractivity contribution is 5.64. The minimum Gasteiger partial charge on any atom is -0.508 e. The van der Waals surface area contributed by atoms with Crippen molar-refractivity contribution in [3.05, 3.63) is 102 Å². The van der Waals surface area contributed by atoms with Gasteiger partial charge in [-0.15, -0.1) is 0 Å². The number of halogens is 1. The zero-order valence-corrected chi connectivity index (χ0v) is 13.3. The Kier molecular flexibility index (Phi) is 5.07. The molecule has 24 heavy (non-hydrogen) atoms. The van der Waals surface area contributed by atoms with Gasteiger partial charge in [-0.3, -0.25) is 0 Å². The SMILES string of the molecule is Oc1ccc(-c2ccc(C/C(F)=C/Cc3ccccc3)cc2)cc1. The summed E-state index contributed by atoms with van der Waals surface area (Å²) in [7, 11) is 0. The van der Waals surface area contributed by atoms with E-state index in [1.807, 2.05) is 66.7 Å². The third-order valence-electron chi connectivity index (χ3n) is 3.93. The number of phenolic OH excluding ortho intramolecular Hbond substituents is 1. The molecule has 0 aromatic heterocycles. The molecule has 0 aliphatic carbocycles. The minimum atomic E-state index is -0.115. The van der Waals surface area contributed by atoms with Crippen molar-refractivity contribution in [2.24, 2.45) is 0 Å². The van der Waals surface area contributed by atoms with E-state index in [0.29, 0.717) is 12.8 Å². The number of benzene rings is 3. The van der Waals surface area contributed by atoms with Gasteiger partial charge in [0.2, 0.25) is 0 Å². The molecule has 1 nitrogen and oxygen atoms in total. The van der Waals surface area contributed by atoms with Crippen LogP contribution < -0.4 is 0 Å². The monoisotopic (exact) mass is 318 g/mol. The molecule has 0 spiro atoms. The highest BCUT2D eigenvalue weighted by Crippen LogP contribution is 2.23. The van der Waals surface area contributed by atoms with Gasteiger partial charge in [-0.25, -0.2) is 4.39 Å². The molecule has 0 atom stereocenters. The molecule has 120 valence electrons. The van der Waals surface area contributed by atoms with Crippen LogP contribution in [0.5, 0.6) is 5.75 Å². The second-order valence-corrected chi connectivity index (χ2v) is 5.76. The van der Waals surface area contributed by atoms with Crippen molar-refractivity contribution in [1.29, 1.82) is 0 Å². The average Bonchev–Trinajstić information content (AvgIpc) is 2.62. The number of hydrogen-bond acceptors (Lipinski definition) is 1. The predicted octanol–water partition coefficient (Wildman–Crippen LogP) is 5.70. The van der Waals surface area contributed by atoms with Crippen molar-refractivity contribution in [3.63, 3.8) is 0 Å². The van der Waals surface area contributed by atoms with Crippen LogP contribution in [0, 0.1) is 0 Å². The van der Waals surface area contributed by atoms with Gasteiger partial charge in [0.15, 0.2) is 0 Å². The third-order valence-corrected chi connectivity index (χ3v) is 3.93. The van der Waals surface area contributed by atoms with Crippen LogP contribution in [0.25, 0.3) is 11.1 Å². The zero-order valence-electron chi connectivity index (χ0n) is 13.3. The van der Waals surface area contributed by atoms with Crippen molar-refractivity contribution in [3.8, 4) is 16.9 Å². The first-order valence-corrected chi connectivity index (χ1v) is 7.97. The normalized spacial score (nSPS) is 11.5. The highest BCUT2D eigenvalue weighted by Gasteiger charge is 2.01. The molecule has 0 amide bonds. The molecule has 0 aliphatic heterocycles. The smallest absolute Gasteiger partial charge is 0.115 e. The molecule has 0 saturated carbocycles. The van der Waals surface area contributed by atoms with E-state index in [-0.39, 0.29) is 11.6 Å². The topological polar surface area (TPSA) is 20.2 Å². The van der Waals surface area contributed by atoms with Crippen molar-refractivity contribution in [1.82, 2.24) is 0 Å². The highest BCUT2D eigenvalue weighted by atomic mass is 19.1. The van der Waals surface area contributed by atoms with Gasteiger partial charge in [-0.1, -0.05) is 66.7 Å². The summed E-state index contributed by atoms with van der Waals surface area (Å²) in [5.74, 6) is 0.136. The number of phenols is 1. The summed E-state index contributed by atoms with van der Waals surface area (Å²) >= 11 is 0. The number of hydrogen-bond donors (Lipinski definition) is 1. The maximum absolute atomic E-state index is 14.1. The second kappa shape index (κ2) is 7.60. The van der Waals surface area contributed by atoms with Gasteiger partial charge in [-0.05, 0) is 46.9 Å². The summed E-state index contributed by atoms with van der Waals surface area (Å²) < 4.78 is 14.1. The minimum absolute atomic E-state index is 0.115. The molecule has 1 N–H and O–H groups in total. The molecule has 3 aromatic rings. The number of rotatable bonds is 5. The van der Waals surface area contributed by atoms with E-state index in [1.165, 1.54) is 0 Å². The summed E-state index contributed by atoms with van der Waals surface area (Å²) in [4.78, 5) is 0. The zero-order chi connectivity index (χ0) is 16.8. The van der Waals surface area contributed by atoms with Crippen LogP contribution in [0.15, 0.2) is 90.8 Å². The Morgan fingerprint density at radius 1 is 0.750 bits per heavy atom. The standard InChI is InChI=1S/C22H19FO/c23-21(13-8-17-4-2-1-3-5-17)16-18-6-9-19(10-7-18)20-11-14-22(24)15-12-20/h1-7,9-15,24H,8,16H2/b21-13-. The van der Waals surface area contributed by atoms with Crippen LogP contribution in [-0.2, 0) is 12.8 Å². The van der Waals surface area contributed by atoms with E-state index in [4.69, 9.17) is 0 Å². The van der Waals surface area contributed by atoms with Gasteiger partial charge in [-0.2, -0.15) is 0 Å². The Bertz CT molecular complexity index is 803. The Hall–Kier alpha value is -2.87. The molecule has 0 heterocycles. The first kappa shape index (κ1) is 16.0. The number of aromatic hydroxyl groups is 1. The molecule has 3 rings (SSSR count). The lowest BCUT2D eigenvalue weighted by Crippen LogP contribution is -1.88. The van der Waals surface area contributed by atoms with Crippen LogP contribution in [0.4, 0.5) is 4.39 Å². The largest absolute Gasteiger partial charge is 0.508 e. The van der Waals surface area contributed by atoms with Gasteiger partial charge in [0.25, 0.3) is 0 Å². The van der Waals surface area contributed by atoms with Gasteiger partial charge < -0.3 is 5.11 Å². The summed E-state index contributed by atoms with van der Waals surface area (Å²) in [6.45, 7) is 0. The molecule has 0 aliphatic rings. The molecular weight excluding hydrogens is 299 g/mol. The van der Waals surface area contributed by atoms with E-state index < -0.39 is 0 Å². The second-order valence-electron chi connectivity index (χ2n) is 5.76. The molecule has 2 heteroatoms. The van der Waals surface area contributed by atoms with E-state index >= 15 is 0 Å². The summed E-state index contributed by atoms with van der Waals surface area (Å²) in [6, 6.07) is 24.8. The lowest BCUT2D eigenvalue weighted by atomic mass is 10.0. The van der Waals surface area contributed by atoms with Crippen LogP contribution in [0.3, 0.4) is 0 Å². The van der Waals surface area contributed by atoms with Crippen molar-refractivity contribution in [2.75, 3.05) is 0 Å². The maximum Gasteiger partial charge on any atom is 0.115 e. The Labute approximate surface area is 141 Å². The third kappa shape index (κ3) is 4.32. The first-order valence-electron chi connectivity index (χ1n) is 7.97. The van der Waals surface area contributed by atoms with Crippen LogP contribution in [-0.4, -0.2) is 5.11 Å². The van der Waals surface area contributed by atoms with Crippen LogP contribution >= 0.6 is 0 Å². The van der Waals surface area contributed by atoms with Gasteiger partial charge in [0.1, 0.15) is 11.6 Å². The molecule has 0 fully saturated rings. The number of allylic oxidation sites excluding steroid dienone is 2. The summed E-state index contributed by atoms with van der Waals surface area (Å²) in [5, 5.41) is 9.33. The van der Waals surface area contributed by atoms with Crippen molar-refractivity contribution in [2.45, 2.75) is 12.8 Å². The maximum atomic E-state index is 14.1. The Morgan fingerprint density at radius 3 is 1.96 bits per heavy atom. The van der Waals surface area contributed by atoms with E-state index in [9.17, 15) is 9.50 Å². The van der Waals surface area contributed by atoms with Gasteiger partial charge in [0.05, 0.1) is 0 Å². The Balaban J connectivity index is 1.64. The van der Waals surface area contributed by atoms with Crippen LogP contribution in [0.1, 0.15) is 11.1 Å². The summed E-state index contributed by atoms with van der Waals surface area (Å²) in [6.07, 6.45) is 2.56. The van der Waals surface area contributed by atoms with Crippen molar-refractivity contribution >= 4 is 0 Å². The lowest BCUT2D eigenvalue weighted by Gasteiger charge is -2.04. The fourth-order valence-electron chi connectivity index (χ4n) is 2.58. The van der Waals surface area contributed by atoms with E-state index in [0.717, 1.165) is 22.3 Å². The van der Waals surface area contributed by atoms with E-state index in [1.54, 1.807) is 18.2 Å². The fraction of sp³-hybridized carbons (Fsp3) is 0.0909. The molecule has 3 aromatic carbocycles. The molecule has 0 bridgehead atoms. The first-order chi connectivity index (χ1) is 11.7. The molecule has 0 saturated heterocycles. The van der Waals surface area contributed by atoms with Crippen molar-refractivity contribution < 1.29 is 9.50 Å². The fourth-order valence-corrected chi connectivity index (χ4v) is 2.58. The van der Waals surface area contributed by atoms with Gasteiger partial charge >= 0.3 is 0 Å². The van der Waals surface area contributed by atoms with Gasteiger partial charge in [0, 0.05) is 6.42 Å². The Morgan fingerprint density at radius 2 is 1.33 bits per heavy atom. The summed E-state index contributed by atoms with van der Waals surface area (Å²) in [5.41, 5.74) is 4.13. The molecule has 0 radical (unpaired) electrons.